The molecule has 1 aliphatic rings. The van der Waals surface area contributed by atoms with E-state index in [2.05, 4.69) is 39.3 Å². The Morgan fingerprint density at radius 3 is 3.06 bits per heavy atom. The van der Waals surface area contributed by atoms with Crippen molar-refractivity contribution >= 4 is 39.8 Å². The molecule has 1 atom stereocenters. The Labute approximate surface area is 111 Å². The summed E-state index contributed by atoms with van der Waals surface area (Å²) < 4.78 is 5.75. The van der Waals surface area contributed by atoms with Gasteiger partial charge in [0.1, 0.15) is 5.82 Å². The lowest BCUT2D eigenvalue weighted by molar-refractivity contribution is 0.479. The molecule has 3 nitrogen and oxygen atoms in total. The van der Waals surface area contributed by atoms with Crippen molar-refractivity contribution in [2.45, 2.75) is 18.9 Å². The molecule has 1 saturated heterocycles. The number of nitrogens with one attached hydrogen (secondary N) is 2. The molecule has 92 valence electrons. The lowest BCUT2D eigenvalue weighted by Gasteiger charge is -2.23. The van der Waals surface area contributed by atoms with E-state index >= 15 is 0 Å². The van der Waals surface area contributed by atoms with E-state index in [0.717, 1.165) is 18.9 Å². The maximum Gasteiger partial charge on any atom is 0.147 e. The minimum atomic E-state index is 0. The van der Waals surface area contributed by atoms with E-state index in [1.165, 1.54) is 22.9 Å². The topological polar surface area (TPSA) is 37.0 Å². The molecule has 1 unspecified atom stereocenters. The van der Waals surface area contributed by atoms with Gasteiger partial charge in [-0.1, -0.05) is 12.1 Å². The minimum Gasteiger partial charge on any atom is -0.365 e. The number of hydrogen-bond donors (Lipinski definition) is 2. The first-order chi connectivity index (χ1) is 7.93. The van der Waals surface area contributed by atoms with Crippen LogP contribution in [0.5, 0.6) is 0 Å². The molecule has 17 heavy (non-hydrogen) atoms. The summed E-state index contributed by atoms with van der Waals surface area (Å²) >= 11 is 1.57. The zero-order chi connectivity index (χ0) is 10.8. The van der Waals surface area contributed by atoms with Crippen LogP contribution in [-0.4, -0.2) is 23.5 Å². The molecule has 0 aliphatic carbocycles. The highest BCUT2D eigenvalue weighted by atomic mass is 35.5. The summed E-state index contributed by atoms with van der Waals surface area (Å²) in [6.45, 7) is 2.20. The Hall–Kier alpha value is -0.840. The summed E-state index contributed by atoms with van der Waals surface area (Å²) in [5.74, 6) is 1.05. The second-order valence-corrected chi connectivity index (χ2v) is 5.02. The maximum atomic E-state index is 4.49. The largest absolute Gasteiger partial charge is 0.365 e. The Balaban J connectivity index is 0.00000108. The summed E-state index contributed by atoms with van der Waals surface area (Å²) in [4.78, 5) is 0. The van der Waals surface area contributed by atoms with Crippen molar-refractivity contribution in [2.75, 3.05) is 18.4 Å². The van der Waals surface area contributed by atoms with Crippen molar-refractivity contribution < 1.29 is 0 Å². The molecule has 2 N–H and O–H groups in total. The number of halogens is 1. The average Bonchev–Trinajstić information content (AvgIpc) is 2.74. The van der Waals surface area contributed by atoms with Gasteiger partial charge in [0.05, 0.1) is 4.70 Å². The lowest BCUT2D eigenvalue weighted by atomic mass is 10.1. The summed E-state index contributed by atoms with van der Waals surface area (Å²) in [6, 6.07) is 8.92. The zero-order valence-electron chi connectivity index (χ0n) is 9.48. The first-order valence-electron chi connectivity index (χ1n) is 5.75. The van der Waals surface area contributed by atoms with E-state index in [1.807, 2.05) is 0 Å². The normalized spacial score (nSPS) is 19.9. The van der Waals surface area contributed by atoms with Crippen molar-refractivity contribution in [3.8, 4) is 0 Å². The van der Waals surface area contributed by atoms with Crippen LogP contribution in [0.2, 0.25) is 0 Å². The first kappa shape index (κ1) is 12.6. The van der Waals surface area contributed by atoms with Crippen molar-refractivity contribution in [2.24, 2.45) is 0 Å². The molecule has 1 aromatic heterocycles. The maximum absolute atomic E-state index is 4.49. The smallest absolute Gasteiger partial charge is 0.147 e. The number of hydrogen-bond acceptors (Lipinski definition) is 4. The van der Waals surface area contributed by atoms with Gasteiger partial charge in [-0.25, -0.2) is 0 Å². The molecule has 0 saturated carbocycles. The zero-order valence-corrected chi connectivity index (χ0v) is 11.1. The van der Waals surface area contributed by atoms with E-state index in [0.29, 0.717) is 6.04 Å². The Bertz CT molecular complexity index is 479. The van der Waals surface area contributed by atoms with Gasteiger partial charge in [0, 0.05) is 18.0 Å². The van der Waals surface area contributed by atoms with E-state index in [-0.39, 0.29) is 12.4 Å². The van der Waals surface area contributed by atoms with Gasteiger partial charge in [-0.2, -0.15) is 4.37 Å². The van der Waals surface area contributed by atoms with Gasteiger partial charge in [-0.15, -0.1) is 12.4 Å². The summed E-state index contributed by atoms with van der Waals surface area (Å²) in [6.07, 6.45) is 2.48. The fraction of sp³-hybridized carbons (Fsp3) is 0.417. The third kappa shape index (κ3) is 2.70. The summed E-state index contributed by atoms with van der Waals surface area (Å²) in [5.41, 5.74) is 0. The Morgan fingerprint density at radius 1 is 1.35 bits per heavy atom. The van der Waals surface area contributed by atoms with Gasteiger partial charge in [-0.05, 0) is 43.1 Å². The standard InChI is InChI=1S/C12H15N3S.ClH/c1-2-6-11-10(5-1)12(15-16-11)14-9-4-3-7-13-8-9;/h1-2,5-6,9,13H,3-4,7-8H2,(H,14,15);1H. The molecule has 5 heteroatoms. The van der Waals surface area contributed by atoms with Crippen LogP contribution in [0.3, 0.4) is 0 Å². The van der Waals surface area contributed by atoms with Crippen LogP contribution in [0.15, 0.2) is 24.3 Å². The molecule has 0 bridgehead atoms. The Morgan fingerprint density at radius 2 is 2.24 bits per heavy atom. The summed E-state index contributed by atoms with van der Waals surface area (Å²) in [5, 5.41) is 8.20. The van der Waals surface area contributed by atoms with Crippen LogP contribution in [0.25, 0.3) is 10.1 Å². The van der Waals surface area contributed by atoms with Gasteiger partial charge < -0.3 is 10.6 Å². The minimum absolute atomic E-state index is 0. The van der Waals surface area contributed by atoms with Gasteiger partial charge in [0.2, 0.25) is 0 Å². The lowest BCUT2D eigenvalue weighted by Crippen LogP contribution is -2.38. The Kier molecular flexibility index (Phi) is 4.20. The molecule has 2 heterocycles. The second kappa shape index (κ2) is 5.67. The van der Waals surface area contributed by atoms with Crippen LogP contribution >= 0.6 is 23.9 Å². The number of nitrogens with zero attached hydrogens (tertiary/aromatic N) is 1. The number of rotatable bonds is 2. The monoisotopic (exact) mass is 269 g/mol. The predicted molar refractivity (Wildman–Crippen MR) is 76.4 cm³/mol. The first-order valence-corrected chi connectivity index (χ1v) is 6.52. The molecule has 0 amide bonds. The van der Waals surface area contributed by atoms with Crippen molar-refractivity contribution in [3.05, 3.63) is 24.3 Å². The van der Waals surface area contributed by atoms with Crippen LogP contribution < -0.4 is 10.6 Å². The highest BCUT2D eigenvalue weighted by molar-refractivity contribution is 7.13. The van der Waals surface area contributed by atoms with E-state index < -0.39 is 0 Å². The van der Waals surface area contributed by atoms with Crippen LogP contribution in [-0.2, 0) is 0 Å². The molecular formula is C12H16ClN3S. The molecular weight excluding hydrogens is 254 g/mol. The molecule has 0 radical (unpaired) electrons. The molecule has 1 aromatic carbocycles. The fourth-order valence-electron chi connectivity index (χ4n) is 2.16. The number of benzene rings is 1. The number of piperidine rings is 1. The van der Waals surface area contributed by atoms with Gasteiger partial charge in [0.15, 0.2) is 0 Å². The number of anilines is 1. The molecule has 1 fully saturated rings. The highest BCUT2D eigenvalue weighted by Crippen LogP contribution is 2.27. The van der Waals surface area contributed by atoms with Gasteiger partial charge >= 0.3 is 0 Å². The van der Waals surface area contributed by atoms with Crippen LogP contribution in [0, 0.1) is 0 Å². The van der Waals surface area contributed by atoms with Crippen molar-refractivity contribution in [1.82, 2.24) is 9.69 Å². The number of aromatic nitrogens is 1. The number of fused-ring (bicyclic) bond motifs is 1. The third-order valence-electron chi connectivity index (χ3n) is 3.02. The van der Waals surface area contributed by atoms with E-state index in [9.17, 15) is 0 Å². The molecule has 0 spiro atoms. The predicted octanol–water partition coefficient (Wildman–Crippen LogP) is 2.88. The van der Waals surface area contributed by atoms with Crippen molar-refractivity contribution in [1.29, 1.82) is 0 Å². The molecule has 2 aromatic rings. The highest BCUT2D eigenvalue weighted by Gasteiger charge is 2.14. The summed E-state index contributed by atoms with van der Waals surface area (Å²) in [7, 11) is 0. The average molecular weight is 270 g/mol. The van der Waals surface area contributed by atoms with Crippen LogP contribution in [0.1, 0.15) is 12.8 Å². The van der Waals surface area contributed by atoms with Crippen LogP contribution in [0.4, 0.5) is 5.82 Å². The van der Waals surface area contributed by atoms with Crippen molar-refractivity contribution in [3.63, 3.8) is 0 Å². The van der Waals surface area contributed by atoms with E-state index in [4.69, 9.17) is 0 Å². The van der Waals surface area contributed by atoms with E-state index in [1.54, 1.807) is 11.5 Å². The van der Waals surface area contributed by atoms with Gasteiger partial charge in [-0.3, -0.25) is 0 Å². The molecule has 1 aliphatic heterocycles. The third-order valence-corrected chi connectivity index (χ3v) is 3.84. The second-order valence-electron chi connectivity index (χ2n) is 4.21. The SMILES string of the molecule is Cl.c1ccc2c(NC3CCCNC3)nsc2c1. The molecule has 3 rings (SSSR count). The van der Waals surface area contributed by atoms with Gasteiger partial charge in [0.25, 0.3) is 0 Å². The fourth-order valence-corrected chi connectivity index (χ4v) is 2.90. The quantitative estimate of drug-likeness (QED) is 0.880.